The molecule has 0 radical (unpaired) electrons. The number of likely N-dealkylation sites (tertiary alicyclic amines) is 1. The van der Waals surface area contributed by atoms with Gasteiger partial charge in [-0.1, -0.05) is 5.11 Å². The summed E-state index contributed by atoms with van der Waals surface area (Å²) >= 11 is 0. The van der Waals surface area contributed by atoms with E-state index >= 15 is 0 Å². The molecule has 0 saturated carbocycles. The third-order valence-electron chi connectivity index (χ3n) is 3.48. The third-order valence-corrected chi connectivity index (χ3v) is 3.48. The van der Waals surface area contributed by atoms with Crippen LogP contribution in [0.5, 0.6) is 0 Å². The molecule has 0 aliphatic carbocycles. The summed E-state index contributed by atoms with van der Waals surface area (Å²) in [6.07, 6.45) is 1.03. The van der Waals surface area contributed by atoms with Crippen LogP contribution in [0.4, 0.5) is 4.79 Å². The van der Waals surface area contributed by atoms with Gasteiger partial charge in [-0.25, -0.2) is 4.79 Å². The maximum atomic E-state index is 11.9. The van der Waals surface area contributed by atoms with Crippen molar-refractivity contribution in [2.45, 2.75) is 51.7 Å². The van der Waals surface area contributed by atoms with E-state index in [0.717, 1.165) is 0 Å². The van der Waals surface area contributed by atoms with E-state index < -0.39 is 11.2 Å². The quantitative estimate of drug-likeness (QED) is 0.490. The second-order valence-corrected chi connectivity index (χ2v) is 6.49. The number of carbonyl (C=O) groups excluding carboxylic acids is 1. The maximum Gasteiger partial charge on any atom is 0.410 e. The molecule has 0 bridgehead atoms. The highest BCUT2D eigenvalue weighted by Gasteiger charge is 2.35. The molecule has 7 nitrogen and oxygen atoms in total. The summed E-state index contributed by atoms with van der Waals surface area (Å²) < 4.78 is 5.32. The summed E-state index contributed by atoms with van der Waals surface area (Å²) in [6, 6.07) is 0. The van der Waals surface area contributed by atoms with Crippen LogP contribution in [0, 0.1) is 5.92 Å². The number of ether oxygens (including phenoxy) is 1. The lowest BCUT2D eigenvalue weighted by molar-refractivity contribution is -0.0282. The molecule has 1 rings (SSSR count). The molecule has 7 heteroatoms. The molecule has 1 aliphatic heterocycles. The van der Waals surface area contributed by atoms with Crippen LogP contribution in [0.3, 0.4) is 0 Å². The van der Waals surface area contributed by atoms with Crippen LogP contribution in [0.25, 0.3) is 10.4 Å². The molecule has 0 aromatic rings. The number of piperidine rings is 1. The van der Waals surface area contributed by atoms with Crippen molar-refractivity contribution in [1.29, 1.82) is 0 Å². The van der Waals surface area contributed by atoms with E-state index in [2.05, 4.69) is 10.0 Å². The van der Waals surface area contributed by atoms with Crippen LogP contribution < -0.4 is 0 Å². The summed E-state index contributed by atoms with van der Waals surface area (Å²) in [7, 11) is 0. The number of nitrogens with zero attached hydrogens (tertiary/aromatic N) is 4. The van der Waals surface area contributed by atoms with Crippen molar-refractivity contribution < 1.29 is 14.6 Å². The molecule has 1 fully saturated rings. The summed E-state index contributed by atoms with van der Waals surface area (Å²) in [4.78, 5) is 16.3. The van der Waals surface area contributed by atoms with Crippen LogP contribution in [0.15, 0.2) is 5.11 Å². The Bertz CT molecular complexity index is 389. The number of amides is 1. The first-order chi connectivity index (χ1) is 9.15. The van der Waals surface area contributed by atoms with Crippen molar-refractivity contribution in [3.63, 3.8) is 0 Å². The molecule has 0 aromatic heterocycles. The largest absolute Gasteiger partial charge is 0.444 e. The van der Waals surface area contributed by atoms with E-state index in [9.17, 15) is 9.90 Å². The number of azide groups is 1. The predicted molar refractivity (Wildman–Crippen MR) is 75.2 cm³/mol. The van der Waals surface area contributed by atoms with Crippen molar-refractivity contribution in [1.82, 2.24) is 4.90 Å². The van der Waals surface area contributed by atoms with Crippen LogP contribution in [-0.2, 0) is 4.74 Å². The van der Waals surface area contributed by atoms with E-state index in [4.69, 9.17) is 10.3 Å². The number of rotatable bonds is 3. The van der Waals surface area contributed by atoms with E-state index in [0.29, 0.717) is 25.9 Å². The summed E-state index contributed by atoms with van der Waals surface area (Å²) in [5.74, 6) is 0.0201. The topological polar surface area (TPSA) is 98.5 Å². The Balaban J connectivity index is 2.51. The lowest BCUT2D eigenvalue weighted by Crippen LogP contribution is -2.47. The molecule has 1 N–H and O–H groups in total. The smallest absolute Gasteiger partial charge is 0.410 e. The standard InChI is InChI=1S/C13H24N4O3/c1-12(2,3)20-11(18)17-7-5-10(6-8-17)13(4,19)9-15-16-14/h10,19H,5-9H2,1-4H3/t13-/m0/s1. The summed E-state index contributed by atoms with van der Waals surface area (Å²) in [5, 5.41) is 13.7. The average molecular weight is 284 g/mol. The molecule has 20 heavy (non-hydrogen) atoms. The Labute approximate surface area is 119 Å². The minimum absolute atomic E-state index is 0.0201. The number of aliphatic hydroxyl groups is 1. The van der Waals surface area contributed by atoms with Gasteiger partial charge in [-0.05, 0) is 52.0 Å². The van der Waals surface area contributed by atoms with Crippen molar-refractivity contribution in [2.24, 2.45) is 11.0 Å². The second-order valence-electron chi connectivity index (χ2n) is 6.49. The monoisotopic (exact) mass is 284 g/mol. The molecule has 1 amide bonds. The molecule has 1 saturated heterocycles. The average Bonchev–Trinajstić information content (AvgIpc) is 2.34. The summed E-state index contributed by atoms with van der Waals surface area (Å²) in [5.41, 5.74) is 6.81. The number of hydrogen-bond acceptors (Lipinski definition) is 4. The number of hydrogen-bond donors (Lipinski definition) is 1. The molecule has 0 spiro atoms. The van der Waals surface area contributed by atoms with Gasteiger partial charge in [0.2, 0.25) is 0 Å². The number of carbonyl (C=O) groups is 1. The zero-order valence-corrected chi connectivity index (χ0v) is 12.7. The van der Waals surface area contributed by atoms with Crippen LogP contribution in [0.1, 0.15) is 40.5 Å². The van der Waals surface area contributed by atoms with Gasteiger partial charge in [-0.15, -0.1) is 0 Å². The van der Waals surface area contributed by atoms with Gasteiger partial charge in [-0.3, -0.25) is 0 Å². The highest BCUT2D eigenvalue weighted by atomic mass is 16.6. The normalized spacial score (nSPS) is 19.9. The molecular formula is C13H24N4O3. The third kappa shape index (κ3) is 4.90. The van der Waals surface area contributed by atoms with Crippen molar-refractivity contribution >= 4 is 6.09 Å². The first-order valence-corrected chi connectivity index (χ1v) is 6.87. The van der Waals surface area contributed by atoms with E-state index in [1.807, 2.05) is 20.8 Å². The lowest BCUT2D eigenvalue weighted by atomic mass is 9.82. The zero-order valence-electron chi connectivity index (χ0n) is 12.7. The van der Waals surface area contributed by atoms with Crippen molar-refractivity contribution in [2.75, 3.05) is 19.6 Å². The Morgan fingerprint density at radius 3 is 2.40 bits per heavy atom. The Morgan fingerprint density at radius 1 is 1.40 bits per heavy atom. The van der Waals surface area contributed by atoms with Gasteiger partial charge >= 0.3 is 6.09 Å². The maximum absolute atomic E-state index is 11.9. The highest BCUT2D eigenvalue weighted by Crippen LogP contribution is 2.29. The molecule has 0 unspecified atom stereocenters. The first-order valence-electron chi connectivity index (χ1n) is 6.87. The zero-order chi connectivity index (χ0) is 15.4. The van der Waals surface area contributed by atoms with E-state index in [1.54, 1.807) is 11.8 Å². The Hall–Kier alpha value is -1.46. The SMILES string of the molecule is CC(C)(C)OC(=O)N1CCC([C@@](C)(O)CN=[N+]=[N-])CC1. The Morgan fingerprint density at radius 2 is 1.95 bits per heavy atom. The van der Waals surface area contributed by atoms with E-state index in [-0.39, 0.29) is 18.6 Å². The Kier molecular flexibility index (Phi) is 5.25. The molecule has 0 aromatic carbocycles. The molecule has 1 atom stereocenters. The predicted octanol–water partition coefficient (Wildman–Crippen LogP) is 2.69. The van der Waals surface area contributed by atoms with Gasteiger partial charge in [0, 0.05) is 18.0 Å². The van der Waals surface area contributed by atoms with Crippen molar-refractivity contribution in [3.8, 4) is 0 Å². The van der Waals surface area contributed by atoms with E-state index in [1.165, 1.54) is 0 Å². The van der Waals surface area contributed by atoms with Gasteiger partial charge < -0.3 is 14.7 Å². The van der Waals surface area contributed by atoms with Crippen molar-refractivity contribution in [3.05, 3.63) is 10.4 Å². The lowest BCUT2D eigenvalue weighted by Gasteiger charge is -2.39. The van der Waals surface area contributed by atoms with Gasteiger partial charge in [0.15, 0.2) is 0 Å². The highest BCUT2D eigenvalue weighted by molar-refractivity contribution is 5.68. The minimum Gasteiger partial charge on any atom is -0.444 e. The van der Waals surface area contributed by atoms with Gasteiger partial charge in [0.25, 0.3) is 0 Å². The second kappa shape index (κ2) is 6.33. The first kappa shape index (κ1) is 16.6. The van der Waals surface area contributed by atoms with Gasteiger partial charge in [-0.2, -0.15) is 0 Å². The fraction of sp³-hybridized carbons (Fsp3) is 0.923. The minimum atomic E-state index is -1.02. The van der Waals surface area contributed by atoms with Crippen LogP contribution in [-0.4, -0.2) is 46.9 Å². The molecule has 1 heterocycles. The molecule has 1 aliphatic rings. The van der Waals surface area contributed by atoms with Gasteiger partial charge in [0.05, 0.1) is 12.1 Å². The molecule has 114 valence electrons. The molecular weight excluding hydrogens is 260 g/mol. The fourth-order valence-corrected chi connectivity index (χ4v) is 2.31. The van der Waals surface area contributed by atoms with Crippen LogP contribution in [0.2, 0.25) is 0 Å². The summed E-state index contributed by atoms with van der Waals surface area (Å²) in [6.45, 7) is 8.33. The fourth-order valence-electron chi connectivity index (χ4n) is 2.31. The van der Waals surface area contributed by atoms with Crippen LogP contribution >= 0.6 is 0 Å². The van der Waals surface area contributed by atoms with Gasteiger partial charge in [0.1, 0.15) is 5.60 Å².